The van der Waals surface area contributed by atoms with Crippen molar-refractivity contribution in [3.63, 3.8) is 0 Å². The molecule has 1 N–H and O–H groups in total. The van der Waals surface area contributed by atoms with E-state index in [2.05, 4.69) is 46.8 Å². The Morgan fingerprint density at radius 1 is 1.44 bits per heavy atom. The van der Waals surface area contributed by atoms with E-state index in [0.29, 0.717) is 6.04 Å². The van der Waals surface area contributed by atoms with E-state index >= 15 is 0 Å². The van der Waals surface area contributed by atoms with Crippen molar-refractivity contribution in [2.45, 2.75) is 39.0 Å². The summed E-state index contributed by atoms with van der Waals surface area (Å²) >= 11 is 3.53. The second kappa shape index (κ2) is 5.59. The molecule has 0 aliphatic carbocycles. The van der Waals surface area contributed by atoms with Gasteiger partial charge in [-0.25, -0.2) is 0 Å². The van der Waals surface area contributed by atoms with Crippen molar-refractivity contribution in [2.24, 2.45) is 0 Å². The van der Waals surface area contributed by atoms with Crippen LogP contribution in [0, 0.1) is 0 Å². The third kappa shape index (κ3) is 2.87. The summed E-state index contributed by atoms with van der Waals surface area (Å²) in [5.41, 5.74) is 2.10. The van der Waals surface area contributed by atoms with Gasteiger partial charge in [-0.2, -0.15) is 0 Å². The summed E-state index contributed by atoms with van der Waals surface area (Å²) in [6.07, 6.45) is -0.189. The number of rotatable bonds is 2. The molecule has 1 aromatic carbocycles. The predicted octanol–water partition coefficient (Wildman–Crippen LogP) is 3.12. The van der Waals surface area contributed by atoms with E-state index in [9.17, 15) is 5.11 Å². The maximum absolute atomic E-state index is 9.64. The fraction of sp³-hybridized carbons (Fsp3) is 0.571. The molecule has 18 heavy (non-hydrogen) atoms. The summed E-state index contributed by atoms with van der Waals surface area (Å²) in [6.45, 7) is 7.71. The molecule has 2 unspecified atom stereocenters. The Bertz CT molecular complexity index is 422. The average Bonchev–Trinajstić information content (AvgIpc) is 2.31. The first-order chi connectivity index (χ1) is 8.49. The summed E-state index contributed by atoms with van der Waals surface area (Å²) in [6, 6.07) is 6.51. The number of hydrogen-bond donors (Lipinski definition) is 1. The largest absolute Gasteiger partial charge is 0.389 e. The van der Waals surface area contributed by atoms with Crippen LogP contribution in [0.2, 0.25) is 0 Å². The van der Waals surface area contributed by atoms with E-state index in [1.165, 1.54) is 5.69 Å². The zero-order valence-corrected chi connectivity index (χ0v) is 12.6. The van der Waals surface area contributed by atoms with Crippen molar-refractivity contribution < 1.29 is 9.84 Å². The third-order valence-electron chi connectivity index (χ3n) is 3.37. The standard InChI is InChI=1S/C14H20BrNO2/c1-9-8-18-10(2)7-16(9)12-4-5-13(11(3)17)14(15)6-12/h4-6,9-11,17H,7-8H2,1-3H3/t9?,10?,11-/m1/s1. The van der Waals surface area contributed by atoms with Crippen LogP contribution in [-0.2, 0) is 4.74 Å². The molecule has 3 atom stereocenters. The molecule has 1 heterocycles. The smallest absolute Gasteiger partial charge is 0.0772 e. The molecule has 2 rings (SSSR count). The van der Waals surface area contributed by atoms with Crippen LogP contribution >= 0.6 is 15.9 Å². The van der Waals surface area contributed by atoms with Crippen LogP contribution in [-0.4, -0.2) is 30.4 Å². The van der Waals surface area contributed by atoms with E-state index in [-0.39, 0.29) is 6.10 Å². The Balaban J connectivity index is 2.25. The zero-order valence-electron chi connectivity index (χ0n) is 11.1. The summed E-state index contributed by atoms with van der Waals surface area (Å²) in [5, 5.41) is 9.64. The van der Waals surface area contributed by atoms with Crippen LogP contribution in [0.3, 0.4) is 0 Å². The molecular formula is C14H20BrNO2. The van der Waals surface area contributed by atoms with Gasteiger partial charge in [0.1, 0.15) is 0 Å². The summed E-state index contributed by atoms with van der Waals surface area (Å²) in [4.78, 5) is 2.35. The minimum absolute atomic E-state index is 0.261. The highest BCUT2D eigenvalue weighted by Gasteiger charge is 2.24. The fourth-order valence-electron chi connectivity index (χ4n) is 2.30. The molecule has 0 saturated carbocycles. The lowest BCUT2D eigenvalue weighted by Crippen LogP contribution is -2.47. The molecule has 0 bridgehead atoms. The Labute approximate surface area is 117 Å². The van der Waals surface area contributed by atoms with Gasteiger partial charge in [-0.1, -0.05) is 22.0 Å². The summed E-state index contributed by atoms with van der Waals surface area (Å²) < 4.78 is 6.60. The van der Waals surface area contributed by atoms with E-state index < -0.39 is 6.10 Å². The van der Waals surface area contributed by atoms with Gasteiger partial charge in [-0.05, 0) is 38.5 Å². The third-order valence-corrected chi connectivity index (χ3v) is 4.06. The van der Waals surface area contributed by atoms with Crippen molar-refractivity contribution >= 4 is 21.6 Å². The molecule has 0 amide bonds. The maximum atomic E-state index is 9.64. The SMILES string of the molecule is CC1CN(c2ccc([C@@H](C)O)c(Br)c2)C(C)CO1. The van der Waals surface area contributed by atoms with Crippen molar-refractivity contribution in [2.75, 3.05) is 18.1 Å². The molecule has 0 spiro atoms. The molecule has 1 aliphatic heterocycles. The Kier molecular flexibility index (Phi) is 4.30. The number of nitrogens with zero attached hydrogens (tertiary/aromatic N) is 1. The number of ether oxygens (including phenoxy) is 1. The summed E-state index contributed by atoms with van der Waals surface area (Å²) in [5.74, 6) is 0. The number of aliphatic hydroxyl groups is 1. The molecule has 1 fully saturated rings. The molecular weight excluding hydrogens is 294 g/mol. The molecule has 0 radical (unpaired) electrons. The highest BCUT2D eigenvalue weighted by Crippen LogP contribution is 2.30. The van der Waals surface area contributed by atoms with Crippen molar-refractivity contribution in [3.8, 4) is 0 Å². The van der Waals surface area contributed by atoms with E-state index in [1.54, 1.807) is 6.92 Å². The number of morpholine rings is 1. The molecule has 3 nitrogen and oxygen atoms in total. The van der Waals surface area contributed by atoms with E-state index in [1.807, 2.05) is 6.07 Å². The first kappa shape index (κ1) is 13.8. The quantitative estimate of drug-likeness (QED) is 0.910. The molecule has 1 aliphatic rings. The van der Waals surface area contributed by atoms with Gasteiger partial charge in [0.05, 0.1) is 18.8 Å². The van der Waals surface area contributed by atoms with Crippen molar-refractivity contribution in [1.29, 1.82) is 0 Å². The Hall–Kier alpha value is -0.580. The van der Waals surface area contributed by atoms with Crippen molar-refractivity contribution in [3.05, 3.63) is 28.2 Å². The van der Waals surface area contributed by atoms with Gasteiger partial charge >= 0.3 is 0 Å². The number of aliphatic hydroxyl groups excluding tert-OH is 1. The van der Waals surface area contributed by atoms with Crippen LogP contribution in [0.15, 0.2) is 22.7 Å². The number of benzene rings is 1. The second-order valence-corrected chi connectivity index (χ2v) is 5.88. The highest BCUT2D eigenvalue weighted by atomic mass is 79.9. The van der Waals surface area contributed by atoms with Gasteiger partial charge in [0.2, 0.25) is 0 Å². The van der Waals surface area contributed by atoms with Gasteiger partial charge in [0, 0.05) is 22.7 Å². The fourth-order valence-corrected chi connectivity index (χ4v) is 2.99. The Morgan fingerprint density at radius 3 is 2.78 bits per heavy atom. The molecule has 100 valence electrons. The van der Waals surface area contributed by atoms with Gasteiger partial charge in [0.25, 0.3) is 0 Å². The van der Waals surface area contributed by atoms with Crippen LogP contribution in [0.1, 0.15) is 32.4 Å². The summed E-state index contributed by atoms with van der Waals surface area (Å²) in [7, 11) is 0. The first-order valence-electron chi connectivity index (χ1n) is 6.34. The number of anilines is 1. The van der Waals surface area contributed by atoms with Crippen molar-refractivity contribution in [1.82, 2.24) is 0 Å². The minimum Gasteiger partial charge on any atom is -0.389 e. The van der Waals surface area contributed by atoms with E-state index in [0.717, 1.165) is 23.2 Å². The van der Waals surface area contributed by atoms with Crippen LogP contribution < -0.4 is 4.90 Å². The normalized spacial score (nSPS) is 26.2. The van der Waals surface area contributed by atoms with Gasteiger partial charge in [-0.15, -0.1) is 0 Å². The molecule has 1 aromatic rings. The second-order valence-electron chi connectivity index (χ2n) is 5.03. The monoisotopic (exact) mass is 313 g/mol. The van der Waals surface area contributed by atoms with Crippen LogP contribution in [0.25, 0.3) is 0 Å². The molecule has 0 aromatic heterocycles. The number of hydrogen-bond acceptors (Lipinski definition) is 3. The lowest BCUT2D eigenvalue weighted by atomic mass is 10.1. The van der Waals surface area contributed by atoms with Gasteiger partial charge in [-0.3, -0.25) is 0 Å². The number of halogens is 1. The maximum Gasteiger partial charge on any atom is 0.0772 e. The van der Waals surface area contributed by atoms with E-state index in [4.69, 9.17) is 4.74 Å². The zero-order chi connectivity index (χ0) is 13.3. The lowest BCUT2D eigenvalue weighted by molar-refractivity contribution is 0.0344. The van der Waals surface area contributed by atoms with Gasteiger partial charge in [0.15, 0.2) is 0 Å². The van der Waals surface area contributed by atoms with Crippen LogP contribution in [0.5, 0.6) is 0 Å². The Morgan fingerprint density at radius 2 is 2.17 bits per heavy atom. The topological polar surface area (TPSA) is 32.7 Å². The van der Waals surface area contributed by atoms with Crippen LogP contribution in [0.4, 0.5) is 5.69 Å². The molecule has 1 saturated heterocycles. The van der Waals surface area contributed by atoms with Gasteiger partial charge < -0.3 is 14.7 Å². The average molecular weight is 314 g/mol. The lowest BCUT2D eigenvalue weighted by Gasteiger charge is -2.38. The first-order valence-corrected chi connectivity index (χ1v) is 7.14. The highest BCUT2D eigenvalue weighted by molar-refractivity contribution is 9.10. The predicted molar refractivity (Wildman–Crippen MR) is 77.0 cm³/mol. The molecule has 4 heteroatoms. The minimum atomic E-state index is -0.450.